The lowest BCUT2D eigenvalue weighted by atomic mass is 10.1. The van der Waals surface area contributed by atoms with Crippen LogP contribution in [0.3, 0.4) is 0 Å². The molecule has 1 aromatic heterocycles. The molecule has 4 heteroatoms. The Kier molecular flexibility index (Phi) is 3.74. The number of anilines is 1. The molecule has 0 aliphatic carbocycles. The van der Waals surface area contributed by atoms with E-state index < -0.39 is 0 Å². The molecule has 1 aliphatic rings. The summed E-state index contributed by atoms with van der Waals surface area (Å²) in [5.74, 6) is 1.92. The Morgan fingerprint density at radius 3 is 3.00 bits per heavy atom. The quantitative estimate of drug-likeness (QED) is 0.927. The Morgan fingerprint density at radius 2 is 2.25 bits per heavy atom. The highest BCUT2D eigenvalue weighted by atomic mass is 16.5. The molecule has 0 radical (unpaired) electrons. The molecule has 2 aromatic rings. The van der Waals surface area contributed by atoms with E-state index in [0.29, 0.717) is 6.04 Å². The topological polar surface area (TPSA) is 37.4 Å². The lowest BCUT2D eigenvalue weighted by Gasteiger charge is -2.23. The van der Waals surface area contributed by atoms with Gasteiger partial charge >= 0.3 is 0 Å². The highest BCUT2D eigenvalue weighted by Crippen LogP contribution is 2.30. The van der Waals surface area contributed by atoms with Crippen LogP contribution in [0, 0.1) is 0 Å². The maximum absolute atomic E-state index is 5.44. The zero-order valence-electron chi connectivity index (χ0n) is 12.1. The summed E-state index contributed by atoms with van der Waals surface area (Å²) in [6.45, 7) is 2.12. The number of pyridine rings is 1. The van der Waals surface area contributed by atoms with Gasteiger partial charge in [-0.25, -0.2) is 4.98 Å². The number of nitrogens with zero attached hydrogens (tertiary/aromatic N) is 2. The van der Waals surface area contributed by atoms with Crippen LogP contribution in [-0.2, 0) is 0 Å². The molecule has 2 heterocycles. The van der Waals surface area contributed by atoms with Crippen molar-refractivity contribution >= 4 is 16.6 Å². The molecular weight excluding hydrogens is 250 g/mol. The normalized spacial score (nSPS) is 18.4. The molecule has 1 aromatic carbocycles. The zero-order valence-corrected chi connectivity index (χ0v) is 12.1. The van der Waals surface area contributed by atoms with Crippen molar-refractivity contribution in [3.63, 3.8) is 0 Å². The Hall–Kier alpha value is -1.81. The fraction of sp³-hybridized carbons (Fsp3) is 0.438. The number of likely N-dealkylation sites (N-methyl/N-ethyl adjacent to an activating group) is 1. The predicted octanol–water partition coefficient (Wildman–Crippen LogP) is 2.43. The molecule has 0 amide bonds. The average Bonchev–Trinajstić information content (AvgIpc) is 2.98. The highest BCUT2D eigenvalue weighted by Gasteiger charge is 2.18. The number of hydrogen-bond donors (Lipinski definition) is 1. The van der Waals surface area contributed by atoms with Crippen molar-refractivity contribution < 1.29 is 4.74 Å². The molecular formula is C16H21N3O. The standard InChI is InChI=1S/C16H21N3O/c1-19(11-12-5-4-9-17-12)16-14-6-3-7-15(20-2)13(14)8-10-18-16/h3,6-8,10,12,17H,4-5,9,11H2,1-2H3. The zero-order chi connectivity index (χ0) is 13.9. The van der Waals surface area contributed by atoms with Crippen LogP contribution in [0.5, 0.6) is 5.75 Å². The van der Waals surface area contributed by atoms with Crippen molar-refractivity contribution in [2.24, 2.45) is 0 Å². The van der Waals surface area contributed by atoms with Gasteiger partial charge in [0.15, 0.2) is 0 Å². The minimum absolute atomic E-state index is 0.572. The van der Waals surface area contributed by atoms with E-state index in [0.717, 1.165) is 35.4 Å². The largest absolute Gasteiger partial charge is 0.496 e. The van der Waals surface area contributed by atoms with Gasteiger partial charge in [0.2, 0.25) is 0 Å². The molecule has 3 rings (SSSR count). The molecule has 0 spiro atoms. The van der Waals surface area contributed by atoms with E-state index in [4.69, 9.17) is 4.74 Å². The number of hydrogen-bond acceptors (Lipinski definition) is 4. The summed E-state index contributed by atoms with van der Waals surface area (Å²) < 4.78 is 5.44. The monoisotopic (exact) mass is 271 g/mol. The maximum atomic E-state index is 5.44. The minimum atomic E-state index is 0.572. The smallest absolute Gasteiger partial charge is 0.136 e. The van der Waals surface area contributed by atoms with Crippen LogP contribution in [0.1, 0.15) is 12.8 Å². The lowest BCUT2D eigenvalue weighted by molar-refractivity contribution is 0.420. The van der Waals surface area contributed by atoms with Gasteiger partial charge in [0.05, 0.1) is 7.11 Å². The molecule has 1 unspecified atom stereocenters. The van der Waals surface area contributed by atoms with E-state index in [9.17, 15) is 0 Å². The molecule has 4 nitrogen and oxygen atoms in total. The van der Waals surface area contributed by atoms with Crippen LogP contribution in [0.15, 0.2) is 30.5 Å². The Bertz CT molecular complexity index is 593. The molecule has 1 N–H and O–H groups in total. The van der Waals surface area contributed by atoms with Crippen molar-refractivity contribution in [1.29, 1.82) is 0 Å². The summed E-state index contributed by atoms with van der Waals surface area (Å²) in [6.07, 6.45) is 4.38. The first-order chi connectivity index (χ1) is 9.79. The molecule has 106 valence electrons. The second kappa shape index (κ2) is 5.67. The van der Waals surface area contributed by atoms with E-state index >= 15 is 0 Å². The minimum Gasteiger partial charge on any atom is -0.496 e. The summed E-state index contributed by atoms with van der Waals surface area (Å²) in [4.78, 5) is 6.81. The molecule has 1 aliphatic heterocycles. The first kappa shape index (κ1) is 13.2. The van der Waals surface area contributed by atoms with Gasteiger partial charge in [0, 0.05) is 36.6 Å². The van der Waals surface area contributed by atoms with Crippen LogP contribution >= 0.6 is 0 Å². The second-order valence-corrected chi connectivity index (χ2v) is 5.36. The first-order valence-corrected chi connectivity index (χ1v) is 7.16. The molecule has 1 saturated heterocycles. The van der Waals surface area contributed by atoms with Crippen molar-refractivity contribution in [3.8, 4) is 5.75 Å². The highest BCUT2D eigenvalue weighted by molar-refractivity contribution is 5.96. The Labute approximate surface area is 119 Å². The summed E-state index contributed by atoms with van der Waals surface area (Å²) in [5.41, 5.74) is 0. The van der Waals surface area contributed by atoms with E-state index in [-0.39, 0.29) is 0 Å². The van der Waals surface area contributed by atoms with Gasteiger partial charge in [0.1, 0.15) is 11.6 Å². The van der Waals surface area contributed by atoms with Crippen LogP contribution in [-0.4, -0.2) is 38.3 Å². The third-order valence-corrected chi connectivity index (χ3v) is 3.98. The third-order valence-electron chi connectivity index (χ3n) is 3.98. The number of benzene rings is 1. The number of ether oxygens (including phenoxy) is 1. The van der Waals surface area contributed by atoms with Gasteiger partial charge in [-0.2, -0.15) is 0 Å². The number of methoxy groups -OCH3 is 1. The summed E-state index contributed by atoms with van der Waals surface area (Å²) >= 11 is 0. The van der Waals surface area contributed by atoms with E-state index in [1.54, 1.807) is 7.11 Å². The van der Waals surface area contributed by atoms with Gasteiger partial charge in [-0.05, 0) is 31.5 Å². The summed E-state index contributed by atoms with van der Waals surface area (Å²) in [5, 5.41) is 5.80. The van der Waals surface area contributed by atoms with Gasteiger partial charge < -0.3 is 15.0 Å². The van der Waals surface area contributed by atoms with Crippen LogP contribution in [0.4, 0.5) is 5.82 Å². The Balaban J connectivity index is 1.94. The average molecular weight is 271 g/mol. The molecule has 1 fully saturated rings. The third kappa shape index (κ3) is 2.43. The Morgan fingerprint density at radius 1 is 1.35 bits per heavy atom. The van der Waals surface area contributed by atoms with Gasteiger partial charge in [0.25, 0.3) is 0 Å². The molecule has 1 atom stereocenters. The SMILES string of the molecule is COc1cccc2c(N(C)CC3CCCN3)nccc12. The van der Waals surface area contributed by atoms with Crippen molar-refractivity contribution in [1.82, 2.24) is 10.3 Å². The fourth-order valence-electron chi connectivity index (χ4n) is 2.97. The van der Waals surface area contributed by atoms with E-state index in [1.807, 2.05) is 24.4 Å². The van der Waals surface area contributed by atoms with Crippen molar-refractivity contribution in [2.45, 2.75) is 18.9 Å². The van der Waals surface area contributed by atoms with Crippen molar-refractivity contribution in [2.75, 3.05) is 32.1 Å². The maximum Gasteiger partial charge on any atom is 0.136 e. The van der Waals surface area contributed by atoms with Gasteiger partial charge in [-0.15, -0.1) is 0 Å². The number of fused-ring (bicyclic) bond motifs is 1. The second-order valence-electron chi connectivity index (χ2n) is 5.36. The molecule has 0 saturated carbocycles. The molecule has 0 bridgehead atoms. The fourth-order valence-corrected chi connectivity index (χ4v) is 2.97. The van der Waals surface area contributed by atoms with Crippen LogP contribution in [0.2, 0.25) is 0 Å². The van der Waals surface area contributed by atoms with E-state index in [2.05, 4.69) is 28.3 Å². The van der Waals surface area contributed by atoms with E-state index in [1.165, 1.54) is 12.8 Å². The number of aromatic nitrogens is 1. The summed E-state index contributed by atoms with van der Waals surface area (Å²) in [7, 11) is 3.82. The summed E-state index contributed by atoms with van der Waals surface area (Å²) in [6, 6.07) is 8.71. The van der Waals surface area contributed by atoms with Gasteiger partial charge in [-0.3, -0.25) is 0 Å². The number of rotatable bonds is 4. The first-order valence-electron chi connectivity index (χ1n) is 7.16. The predicted molar refractivity (Wildman–Crippen MR) is 82.6 cm³/mol. The van der Waals surface area contributed by atoms with Crippen LogP contribution < -0.4 is 15.0 Å². The van der Waals surface area contributed by atoms with Crippen LogP contribution in [0.25, 0.3) is 10.8 Å². The lowest BCUT2D eigenvalue weighted by Crippen LogP contribution is -2.35. The van der Waals surface area contributed by atoms with Gasteiger partial charge in [-0.1, -0.05) is 12.1 Å². The number of nitrogens with one attached hydrogen (secondary N) is 1. The van der Waals surface area contributed by atoms with Crippen molar-refractivity contribution in [3.05, 3.63) is 30.5 Å². The molecule has 20 heavy (non-hydrogen) atoms.